The number of carbonyl (C=O) groups excluding carboxylic acids is 2. The summed E-state index contributed by atoms with van der Waals surface area (Å²) < 4.78 is 0. The summed E-state index contributed by atoms with van der Waals surface area (Å²) in [7, 11) is 0. The van der Waals surface area contributed by atoms with Gasteiger partial charge in [-0.1, -0.05) is 6.07 Å². The maximum atomic E-state index is 12.8. The number of nitrogens with one attached hydrogen (secondary N) is 1. The zero-order valence-electron chi connectivity index (χ0n) is 15.3. The van der Waals surface area contributed by atoms with Gasteiger partial charge in [-0.15, -0.1) is 11.3 Å². The highest BCUT2D eigenvalue weighted by Gasteiger charge is 2.22. The van der Waals surface area contributed by atoms with Crippen molar-refractivity contribution in [1.29, 1.82) is 0 Å². The number of piperazine rings is 1. The molecule has 1 aliphatic heterocycles. The molecule has 0 atom stereocenters. The van der Waals surface area contributed by atoms with Crippen molar-refractivity contribution in [3.05, 3.63) is 74.6 Å². The van der Waals surface area contributed by atoms with Crippen LogP contribution in [0.1, 0.15) is 25.6 Å². The van der Waals surface area contributed by atoms with E-state index in [1.165, 1.54) is 16.9 Å². The molecule has 28 heavy (non-hydrogen) atoms. The Labute approximate surface area is 172 Å². The summed E-state index contributed by atoms with van der Waals surface area (Å²) in [5.74, 6) is -0.0814. The molecule has 0 bridgehead atoms. The number of carbonyl (C=O) groups is 2. The van der Waals surface area contributed by atoms with Gasteiger partial charge < -0.3 is 10.2 Å². The number of hydrogen-bond acceptors (Lipinski definition) is 5. The Hall–Kier alpha value is -2.48. The zero-order chi connectivity index (χ0) is 19.3. The van der Waals surface area contributed by atoms with Gasteiger partial charge in [0.2, 0.25) is 0 Å². The van der Waals surface area contributed by atoms with Crippen LogP contribution in [0.15, 0.2) is 58.6 Å². The van der Waals surface area contributed by atoms with Crippen LogP contribution in [0.3, 0.4) is 0 Å². The molecular weight excluding hydrogens is 390 g/mol. The van der Waals surface area contributed by atoms with Gasteiger partial charge in [0, 0.05) is 44.0 Å². The van der Waals surface area contributed by atoms with E-state index in [9.17, 15) is 9.59 Å². The fraction of sp³-hybridized carbons (Fsp3) is 0.238. The molecule has 0 aliphatic carbocycles. The topological polar surface area (TPSA) is 52.7 Å². The van der Waals surface area contributed by atoms with Crippen LogP contribution < -0.4 is 5.32 Å². The highest BCUT2D eigenvalue weighted by molar-refractivity contribution is 7.12. The fourth-order valence-electron chi connectivity index (χ4n) is 3.23. The molecule has 2 aromatic heterocycles. The lowest BCUT2D eigenvalue weighted by Crippen LogP contribution is -2.48. The van der Waals surface area contributed by atoms with E-state index in [-0.39, 0.29) is 11.8 Å². The lowest BCUT2D eigenvalue weighted by molar-refractivity contribution is 0.0628. The number of thiophene rings is 2. The molecule has 0 spiro atoms. The summed E-state index contributed by atoms with van der Waals surface area (Å²) in [6.07, 6.45) is 0. The Morgan fingerprint density at radius 3 is 2.39 bits per heavy atom. The first-order chi connectivity index (χ1) is 13.7. The standard InChI is InChI=1S/C21H21N3O2S2/c25-20(19-2-1-12-28-19)22-18-5-3-17(4-6-18)21(26)24-10-8-23(9-11-24)14-16-7-13-27-15-16/h1-7,12-13,15H,8-11,14H2,(H,22,25). The van der Waals surface area contributed by atoms with Crippen LogP contribution in [0.4, 0.5) is 5.69 Å². The zero-order valence-corrected chi connectivity index (χ0v) is 17.0. The largest absolute Gasteiger partial charge is 0.336 e. The summed E-state index contributed by atoms with van der Waals surface area (Å²) in [5, 5.41) is 9.01. The van der Waals surface area contributed by atoms with E-state index in [4.69, 9.17) is 0 Å². The van der Waals surface area contributed by atoms with Crippen LogP contribution in [0.5, 0.6) is 0 Å². The molecule has 1 N–H and O–H groups in total. The molecule has 7 heteroatoms. The van der Waals surface area contributed by atoms with Gasteiger partial charge in [0.1, 0.15) is 0 Å². The second-order valence-electron chi connectivity index (χ2n) is 6.71. The second-order valence-corrected chi connectivity index (χ2v) is 8.44. The molecule has 5 nitrogen and oxygen atoms in total. The number of amides is 2. The van der Waals surface area contributed by atoms with Gasteiger partial charge in [-0.05, 0) is 58.1 Å². The summed E-state index contributed by atoms with van der Waals surface area (Å²) in [4.78, 5) is 29.8. The number of nitrogens with zero attached hydrogens (tertiary/aromatic N) is 2. The normalized spacial score (nSPS) is 14.8. The average molecular weight is 412 g/mol. The first-order valence-corrected chi connectivity index (χ1v) is 11.0. The third-order valence-electron chi connectivity index (χ3n) is 4.78. The van der Waals surface area contributed by atoms with E-state index in [1.807, 2.05) is 16.3 Å². The van der Waals surface area contributed by atoms with Crippen molar-refractivity contribution in [1.82, 2.24) is 9.80 Å². The minimum Gasteiger partial charge on any atom is -0.336 e. The summed E-state index contributed by atoms with van der Waals surface area (Å²) in [6.45, 7) is 4.19. The van der Waals surface area contributed by atoms with E-state index in [2.05, 4.69) is 27.0 Å². The average Bonchev–Trinajstić information content (AvgIpc) is 3.43. The predicted molar refractivity (Wildman–Crippen MR) is 114 cm³/mol. The molecule has 0 saturated carbocycles. The Bertz CT molecular complexity index is 913. The molecule has 3 aromatic rings. The minimum absolute atomic E-state index is 0.0475. The molecule has 0 radical (unpaired) electrons. The lowest BCUT2D eigenvalue weighted by atomic mass is 10.1. The van der Waals surface area contributed by atoms with Gasteiger partial charge >= 0.3 is 0 Å². The molecule has 1 fully saturated rings. The molecular formula is C21H21N3O2S2. The van der Waals surface area contributed by atoms with Gasteiger partial charge in [0.15, 0.2) is 0 Å². The molecule has 1 aliphatic rings. The van der Waals surface area contributed by atoms with Gasteiger partial charge in [-0.2, -0.15) is 11.3 Å². The van der Waals surface area contributed by atoms with E-state index in [1.54, 1.807) is 41.7 Å². The Morgan fingerprint density at radius 2 is 1.75 bits per heavy atom. The Balaban J connectivity index is 1.30. The number of anilines is 1. The third-order valence-corrected chi connectivity index (χ3v) is 6.38. The molecule has 1 saturated heterocycles. The van der Waals surface area contributed by atoms with Crippen LogP contribution in [0.2, 0.25) is 0 Å². The van der Waals surface area contributed by atoms with Crippen molar-refractivity contribution in [2.24, 2.45) is 0 Å². The van der Waals surface area contributed by atoms with E-state index < -0.39 is 0 Å². The van der Waals surface area contributed by atoms with Crippen LogP contribution in [0, 0.1) is 0 Å². The number of benzene rings is 1. The van der Waals surface area contributed by atoms with Gasteiger partial charge in [-0.25, -0.2) is 0 Å². The van der Waals surface area contributed by atoms with Crippen LogP contribution in [-0.2, 0) is 6.54 Å². The molecule has 3 heterocycles. The van der Waals surface area contributed by atoms with Gasteiger partial charge in [0.05, 0.1) is 4.88 Å². The number of rotatable bonds is 5. The van der Waals surface area contributed by atoms with E-state index in [0.29, 0.717) is 16.1 Å². The predicted octanol–water partition coefficient (Wildman–Crippen LogP) is 4.02. The summed E-state index contributed by atoms with van der Waals surface area (Å²) >= 11 is 3.12. The minimum atomic E-state index is -0.129. The highest BCUT2D eigenvalue weighted by atomic mass is 32.1. The lowest BCUT2D eigenvalue weighted by Gasteiger charge is -2.34. The fourth-order valence-corrected chi connectivity index (χ4v) is 4.51. The van der Waals surface area contributed by atoms with Crippen LogP contribution >= 0.6 is 22.7 Å². The first-order valence-electron chi connectivity index (χ1n) is 9.17. The quantitative estimate of drug-likeness (QED) is 0.690. The van der Waals surface area contributed by atoms with Crippen molar-refractivity contribution in [2.75, 3.05) is 31.5 Å². The third kappa shape index (κ3) is 4.49. The molecule has 4 rings (SSSR count). The van der Waals surface area contributed by atoms with Crippen LogP contribution in [-0.4, -0.2) is 47.8 Å². The molecule has 1 aromatic carbocycles. The Morgan fingerprint density at radius 1 is 0.964 bits per heavy atom. The number of hydrogen-bond donors (Lipinski definition) is 1. The second kappa shape index (κ2) is 8.68. The van der Waals surface area contributed by atoms with E-state index >= 15 is 0 Å². The van der Waals surface area contributed by atoms with Gasteiger partial charge in [0.25, 0.3) is 11.8 Å². The molecule has 144 valence electrons. The highest BCUT2D eigenvalue weighted by Crippen LogP contribution is 2.17. The van der Waals surface area contributed by atoms with Gasteiger partial charge in [-0.3, -0.25) is 14.5 Å². The monoisotopic (exact) mass is 411 g/mol. The Kier molecular flexibility index (Phi) is 5.85. The van der Waals surface area contributed by atoms with Crippen molar-refractivity contribution in [3.8, 4) is 0 Å². The smallest absolute Gasteiger partial charge is 0.265 e. The summed E-state index contributed by atoms with van der Waals surface area (Å²) in [6, 6.07) is 12.9. The van der Waals surface area contributed by atoms with Crippen molar-refractivity contribution in [3.63, 3.8) is 0 Å². The van der Waals surface area contributed by atoms with Crippen LogP contribution in [0.25, 0.3) is 0 Å². The molecule has 2 amide bonds. The maximum Gasteiger partial charge on any atom is 0.265 e. The SMILES string of the molecule is O=C(Nc1ccc(C(=O)N2CCN(Cc3ccsc3)CC2)cc1)c1cccs1. The van der Waals surface area contributed by atoms with Crippen molar-refractivity contribution < 1.29 is 9.59 Å². The first kappa shape index (κ1) is 18.9. The molecule has 0 unspecified atom stereocenters. The maximum absolute atomic E-state index is 12.8. The van der Waals surface area contributed by atoms with Crippen molar-refractivity contribution >= 4 is 40.2 Å². The van der Waals surface area contributed by atoms with E-state index in [0.717, 1.165) is 32.7 Å². The van der Waals surface area contributed by atoms with Crippen molar-refractivity contribution in [2.45, 2.75) is 6.54 Å². The summed E-state index contributed by atoms with van der Waals surface area (Å²) in [5.41, 5.74) is 2.68.